The van der Waals surface area contributed by atoms with Crippen molar-refractivity contribution in [1.82, 2.24) is 19.9 Å². The number of halogens is 2. The Morgan fingerprint density at radius 2 is 1.03 bits per heavy atom. The van der Waals surface area contributed by atoms with Crippen LogP contribution >= 0.6 is 22.7 Å². The Kier molecular flexibility index (Phi) is 17.8. The molecule has 0 amide bonds. The Balaban J connectivity index is 1.25. The zero-order chi connectivity index (χ0) is 43.7. The highest BCUT2D eigenvalue weighted by Crippen LogP contribution is 2.40. The van der Waals surface area contributed by atoms with E-state index in [4.69, 9.17) is 9.47 Å². The summed E-state index contributed by atoms with van der Waals surface area (Å²) in [4.78, 5) is 32.1. The maximum atomic E-state index is 15.1. The molecule has 0 radical (unpaired) electrons. The Hall–Kier alpha value is -5.27. The SMILES string of the molecule is CCCCCCCCOc1ccc(Nc2nc(-c3cccnc3)c(F)s2)cc1C(C)C(=O)C(C)c1cc(Nc2nc(-c3cccnc3)c(F)s2)ccc1OCCCCCCCC. The van der Waals surface area contributed by atoms with E-state index >= 15 is 8.78 Å². The van der Waals surface area contributed by atoms with Crippen LogP contribution in [0.5, 0.6) is 11.5 Å². The highest BCUT2D eigenvalue weighted by Gasteiger charge is 2.29. The number of nitrogens with zero attached hydrogens (tertiary/aromatic N) is 4. The third kappa shape index (κ3) is 12.9. The van der Waals surface area contributed by atoms with E-state index in [2.05, 4.69) is 44.4 Å². The highest BCUT2D eigenvalue weighted by atomic mass is 32.1. The van der Waals surface area contributed by atoms with Crippen LogP contribution in [-0.4, -0.2) is 38.9 Å². The fourth-order valence-corrected chi connectivity index (χ4v) is 8.79. The van der Waals surface area contributed by atoms with E-state index in [-0.39, 0.29) is 17.2 Å². The van der Waals surface area contributed by atoms with Crippen LogP contribution in [0, 0.1) is 10.3 Å². The molecule has 4 aromatic heterocycles. The second kappa shape index (κ2) is 23.8. The minimum absolute atomic E-state index is 0.0357. The van der Waals surface area contributed by atoms with E-state index in [9.17, 15) is 4.79 Å². The molecular weight excluding hydrogens is 823 g/mol. The minimum atomic E-state index is -0.594. The van der Waals surface area contributed by atoms with Gasteiger partial charge in [-0.15, -0.1) is 0 Å². The smallest absolute Gasteiger partial charge is 0.206 e. The maximum absolute atomic E-state index is 15.1. The first-order valence-electron chi connectivity index (χ1n) is 22.0. The lowest BCUT2D eigenvalue weighted by Crippen LogP contribution is -2.19. The van der Waals surface area contributed by atoms with Gasteiger partial charge in [0.15, 0.2) is 10.3 Å². The normalized spacial score (nSPS) is 12.2. The second-order valence-corrected chi connectivity index (χ2v) is 17.5. The van der Waals surface area contributed by atoms with Crippen molar-refractivity contribution in [3.63, 3.8) is 0 Å². The molecule has 2 aromatic carbocycles. The first kappa shape index (κ1) is 46.2. The van der Waals surface area contributed by atoms with Crippen molar-refractivity contribution in [3.05, 3.63) is 107 Å². The molecule has 328 valence electrons. The van der Waals surface area contributed by atoms with Crippen LogP contribution in [-0.2, 0) is 4.79 Å². The van der Waals surface area contributed by atoms with Gasteiger partial charge in [0.1, 0.15) is 28.7 Å². The van der Waals surface area contributed by atoms with Gasteiger partial charge in [-0.1, -0.05) is 115 Å². The van der Waals surface area contributed by atoms with Gasteiger partial charge in [0.2, 0.25) is 10.3 Å². The fourth-order valence-electron chi connectivity index (χ4n) is 7.32. The van der Waals surface area contributed by atoms with Gasteiger partial charge in [0.25, 0.3) is 0 Å². The second-order valence-electron chi connectivity index (χ2n) is 15.6. The quantitative estimate of drug-likeness (QED) is 0.0514. The Morgan fingerprint density at radius 3 is 1.44 bits per heavy atom. The van der Waals surface area contributed by atoms with Crippen molar-refractivity contribution in [3.8, 4) is 34.0 Å². The van der Waals surface area contributed by atoms with Crippen molar-refractivity contribution in [2.24, 2.45) is 0 Å². The lowest BCUT2D eigenvalue weighted by molar-refractivity contribution is -0.121. The number of rotatable bonds is 26. The molecule has 2 unspecified atom stereocenters. The summed E-state index contributed by atoms with van der Waals surface area (Å²) in [5.41, 5.74) is 4.36. The van der Waals surface area contributed by atoms with Gasteiger partial charge in [-0.2, -0.15) is 8.78 Å². The van der Waals surface area contributed by atoms with Gasteiger partial charge in [0, 0.05) is 70.3 Å². The number of thiazole rings is 2. The summed E-state index contributed by atoms with van der Waals surface area (Å²) in [5, 5.41) is 6.46. The molecule has 2 N–H and O–H groups in total. The number of carbonyl (C=O) groups excluding carboxylic acids is 1. The van der Waals surface area contributed by atoms with E-state index in [1.807, 2.05) is 50.2 Å². The van der Waals surface area contributed by atoms with Crippen LogP contribution in [0.2, 0.25) is 0 Å². The molecule has 62 heavy (non-hydrogen) atoms. The number of pyridine rings is 2. The van der Waals surface area contributed by atoms with Gasteiger partial charge in [-0.25, -0.2) is 9.97 Å². The first-order chi connectivity index (χ1) is 30.2. The molecule has 0 aliphatic rings. The van der Waals surface area contributed by atoms with Crippen molar-refractivity contribution in [2.75, 3.05) is 23.8 Å². The monoisotopic (exact) mass is 880 g/mol. The molecule has 0 spiro atoms. The summed E-state index contributed by atoms with van der Waals surface area (Å²) >= 11 is 1.82. The molecule has 2 atom stereocenters. The van der Waals surface area contributed by atoms with Gasteiger partial charge < -0.3 is 20.1 Å². The van der Waals surface area contributed by atoms with Crippen molar-refractivity contribution in [1.29, 1.82) is 0 Å². The topological polar surface area (TPSA) is 111 Å². The molecule has 0 bridgehead atoms. The van der Waals surface area contributed by atoms with Crippen LogP contribution < -0.4 is 20.1 Å². The van der Waals surface area contributed by atoms with Crippen LogP contribution in [0.15, 0.2) is 85.5 Å². The van der Waals surface area contributed by atoms with E-state index in [0.717, 1.165) is 61.2 Å². The number of ether oxygens (including phenoxy) is 2. The molecule has 0 saturated heterocycles. The Bertz CT molecular complexity index is 2150. The van der Waals surface area contributed by atoms with Gasteiger partial charge in [-0.05, 0) is 73.5 Å². The predicted molar refractivity (Wildman–Crippen MR) is 250 cm³/mol. The van der Waals surface area contributed by atoms with Crippen LogP contribution in [0.25, 0.3) is 22.5 Å². The number of unbranched alkanes of at least 4 members (excludes halogenated alkanes) is 10. The number of anilines is 4. The zero-order valence-corrected chi connectivity index (χ0v) is 37.9. The molecule has 0 aliphatic heterocycles. The summed E-state index contributed by atoms with van der Waals surface area (Å²) < 4.78 is 43.0. The van der Waals surface area contributed by atoms with Gasteiger partial charge >= 0.3 is 0 Å². The van der Waals surface area contributed by atoms with Crippen molar-refractivity contribution in [2.45, 2.75) is 117 Å². The van der Waals surface area contributed by atoms with E-state index in [1.54, 1.807) is 49.1 Å². The molecular formula is C49H58F2N6O3S2. The first-order valence-corrected chi connectivity index (χ1v) is 23.6. The fraction of sp³-hybridized carbons (Fsp3) is 0.408. The third-order valence-corrected chi connectivity index (χ3v) is 12.4. The number of Topliss-reactive ketones (excluding diaryl/α,β-unsaturated/α-hetero) is 1. The number of benzene rings is 2. The zero-order valence-electron chi connectivity index (χ0n) is 36.2. The minimum Gasteiger partial charge on any atom is -0.493 e. The number of aromatic nitrogens is 4. The maximum Gasteiger partial charge on any atom is 0.206 e. The lowest BCUT2D eigenvalue weighted by Gasteiger charge is -2.23. The summed E-state index contributed by atoms with van der Waals surface area (Å²) in [6.45, 7) is 9.27. The number of ketones is 1. The van der Waals surface area contributed by atoms with Gasteiger partial charge in [0.05, 0.1) is 13.2 Å². The summed E-state index contributed by atoms with van der Waals surface area (Å²) in [5.74, 6) is 0.0331. The molecule has 4 heterocycles. The summed E-state index contributed by atoms with van der Waals surface area (Å²) in [7, 11) is 0. The molecule has 0 fully saturated rings. The van der Waals surface area contributed by atoms with E-state index < -0.39 is 22.1 Å². The molecule has 6 aromatic rings. The predicted octanol–water partition coefficient (Wildman–Crippen LogP) is 14.4. The standard InChI is InChI=1S/C49H58F2N6O3S2/c1-5-7-9-11-13-15-27-59-41-23-21-37(54-48-56-43(46(50)61-48)35-19-17-25-52-31-35)29-39(41)33(3)45(58)34(4)40-30-38(22-24-42(40)60-28-16-14-12-10-8-6-2)55-49-57-44(47(51)62-49)36-20-18-26-53-32-36/h17-26,29-34H,5-16,27-28H2,1-4H3,(H,54,56)(H,55,57). The largest absolute Gasteiger partial charge is 0.493 e. The number of carbonyl (C=O) groups is 1. The van der Waals surface area contributed by atoms with Crippen LogP contribution in [0.1, 0.15) is 128 Å². The summed E-state index contributed by atoms with van der Waals surface area (Å²) in [6, 6.07) is 18.3. The van der Waals surface area contributed by atoms with Crippen LogP contribution in [0.3, 0.4) is 0 Å². The number of nitrogens with one attached hydrogen (secondary N) is 2. The molecule has 0 aliphatic carbocycles. The van der Waals surface area contributed by atoms with Gasteiger partial charge in [-0.3, -0.25) is 14.8 Å². The number of hydrogen-bond donors (Lipinski definition) is 2. The van der Waals surface area contributed by atoms with Crippen LogP contribution in [0.4, 0.5) is 30.4 Å². The summed E-state index contributed by atoms with van der Waals surface area (Å²) in [6.07, 6.45) is 20.0. The lowest BCUT2D eigenvalue weighted by atomic mass is 9.84. The molecule has 0 saturated carbocycles. The molecule has 13 heteroatoms. The Labute approximate surface area is 372 Å². The molecule has 6 rings (SSSR count). The highest BCUT2D eigenvalue weighted by molar-refractivity contribution is 7.14. The molecule has 9 nitrogen and oxygen atoms in total. The third-order valence-electron chi connectivity index (χ3n) is 10.9. The Morgan fingerprint density at radius 1 is 0.613 bits per heavy atom. The average Bonchev–Trinajstić information content (AvgIpc) is 3.86. The van der Waals surface area contributed by atoms with E-state index in [1.165, 1.54) is 38.5 Å². The average molecular weight is 881 g/mol. The van der Waals surface area contributed by atoms with E-state index in [0.29, 0.717) is 68.6 Å². The van der Waals surface area contributed by atoms with Crippen molar-refractivity contribution >= 4 is 50.1 Å². The number of hydrogen-bond acceptors (Lipinski definition) is 11. The van der Waals surface area contributed by atoms with Crippen molar-refractivity contribution < 1.29 is 23.0 Å².